The molecule has 0 spiro atoms. The second kappa shape index (κ2) is 7.08. The van der Waals surface area contributed by atoms with Crippen LogP contribution in [0.5, 0.6) is 5.75 Å². The normalized spacial score (nSPS) is 10.5. The summed E-state index contributed by atoms with van der Waals surface area (Å²) in [5.74, 6) is 1.17. The van der Waals surface area contributed by atoms with E-state index >= 15 is 0 Å². The van der Waals surface area contributed by atoms with Crippen LogP contribution in [0.2, 0.25) is 0 Å². The maximum atomic E-state index is 11.9. The van der Waals surface area contributed by atoms with Crippen molar-refractivity contribution in [3.05, 3.63) is 40.9 Å². The standard InChI is InChI=1S/C15H19N3O2S/c1-10(2)13-9-17-15(21-13)18-14(19)16-8-11-6-4-5-7-12(11)20-3/h4-7,9-10H,8H2,1-3H3,(H2,16,17,18,19). The molecule has 2 N–H and O–H groups in total. The highest BCUT2D eigenvalue weighted by atomic mass is 32.1. The zero-order valence-electron chi connectivity index (χ0n) is 12.3. The third-order valence-corrected chi connectivity index (χ3v) is 4.16. The van der Waals surface area contributed by atoms with Gasteiger partial charge in [0, 0.05) is 23.2 Å². The van der Waals surface area contributed by atoms with E-state index in [9.17, 15) is 4.79 Å². The molecule has 0 aliphatic rings. The lowest BCUT2D eigenvalue weighted by Crippen LogP contribution is -2.28. The molecule has 1 aromatic heterocycles. The van der Waals surface area contributed by atoms with E-state index in [-0.39, 0.29) is 6.03 Å². The molecule has 112 valence electrons. The third kappa shape index (κ3) is 4.19. The molecule has 1 aromatic carbocycles. The molecule has 0 saturated carbocycles. The van der Waals surface area contributed by atoms with E-state index in [1.54, 1.807) is 13.3 Å². The first-order valence-corrected chi connectivity index (χ1v) is 7.54. The molecule has 0 unspecified atom stereocenters. The zero-order valence-corrected chi connectivity index (χ0v) is 13.2. The molecular weight excluding hydrogens is 286 g/mol. The van der Waals surface area contributed by atoms with Crippen molar-refractivity contribution in [2.75, 3.05) is 12.4 Å². The van der Waals surface area contributed by atoms with Crippen molar-refractivity contribution in [2.45, 2.75) is 26.3 Å². The van der Waals surface area contributed by atoms with Crippen molar-refractivity contribution in [1.29, 1.82) is 0 Å². The summed E-state index contributed by atoms with van der Waals surface area (Å²) in [5.41, 5.74) is 0.928. The number of benzene rings is 1. The van der Waals surface area contributed by atoms with Crippen LogP contribution in [0.25, 0.3) is 0 Å². The quantitative estimate of drug-likeness (QED) is 0.887. The van der Waals surface area contributed by atoms with E-state index in [0.717, 1.165) is 16.2 Å². The number of carbonyl (C=O) groups excluding carboxylic acids is 1. The summed E-state index contributed by atoms with van der Waals surface area (Å²) in [6.07, 6.45) is 1.80. The summed E-state index contributed by atoms with van der Waals surface area (Å²) in [6.45, 7) is 4.59. The topological polar surface area (TPSA) is 63.2 Å². The Kier molecular flexibility index (Phi) is 5.16. The second-order valence-corrected chi connectivity index (χ2v) is 5.90. The lowest BCUT2D eigenvalue weighted by Gasteiger charge is -2.09. The van der Waals surface area contributed by atoms with Crippen LogP contribution in [0.4, 0.5) is 9.93 Å². The fourth-order valence-electron chi connectivity index (χ4n) is 1.78. The zero-order chi connectivity index (χ0) is 15.2. The third-order valence-electron chi connectivity index (χ3n) is 2.94. The Hall–Kier alpha value is -2.08. The van der Waals surface area contributed by atoms with Crippen LogP contribution < -0.4 is 15.4 Å². The Morgan fingerprint density at radius 2 is 2.14 bits per heavy atom. The summed E-state index contributed by atoms with van der Waals surface area (Å²) in [6, 6.07) is 7.31. The number of hydrogen-bond acceptors (Lipinski definition) is 4. The molecule has 0 aliphatic carbocycles. The molecule has 0 atom stereocenters. The van der Waals surface area contributed by atoms with Crippen LogP contribution in [0.3, 0.4) is 0 Å². The van der Waals surface area contributed by atoms with Crippen molar-refractivity contribution >= 4 is 22.5 Å². The van der Waals surface area contributed by atoms with Gasteiger partial charge in [0.2, 0.25) is 0 Å². The molecule has 2 aromatic rings. The van der Waals surface area contributed by atoms with E-state index in [4.69, 9.17) is 4.74 Å². The van der Waals surface area contributed by atoms with Gasteiger partial charge in [0.1, 0.15) is 5.75 Å². The van der Waals surface area contributed by atoms with E-state index in [0.29, 0.717) is 17.6 Å². The highest BCUT2D eigenvalue weighted by Crippen LogP contribution is 2.25. The molecule has 21 heavy (non-hydrogen) atoms. The van der Waals surface area contributed by atoms with Crippen LogP contribution in [-0.2, 0) is 6.54 Å². The Labute approximate surface area is 128 Å². The lowest BCUT2D eigenvalue weighted by atomic mass is 10.2. The molecular formula is C15H19N3O2S. The van der Waals surface area contributed by atoms with Crippen LogP contribution in [-0.4, -0.2) is 18.1 Å². The minimum Gasteiger partial charge on any atom is -0.496 e. The fraction of sp³-hybridized carbons (Fsp3) is 0.333. The van der Waals surface area contributed by atoms with Gasteiger partial charge in [0.25, 0.3) is 0 Å². The number of nitrogens with one attached hydrogen (secondary N) is 2. The van der Waals surface area contributed by atoms with E-state index in [1.165, 1.54) is 11.3 Å². The molecule has 2 rings (SSSR count). The summed E-state index contributed by atoms with van der Waals surface area (Å²) in [5, 5.41) is 6.15. The SMILES string of the molecule is COc1ccccc1CNC(=O)Nc1ncc(C(C)C)s1. The van der Waals surface area contributed by atoms with Crippen LogP contribution in [0, 0.1) is 0 Å². The van der Waals surface area contributed by atoms with Gasteiger partial charge < -0.3 is 10.1 Å². The number of nitrogens with zero attached hydrogens (tertiary/aromatic N) is 1. The Morgan fingerprint density at radius 1 is 1.38 bits per heavy atom. The van der Waals surface area contributed by atoms with Gasteiger partial charge >= 0.3 is 6.03 Å². The van der Waals surface area contributed by atoms with Crippen LogP contribution in [0.1, 0.15) is 30.2 Å². The molecule has 2 amide bonds. The lowest BCUT2D eigenvalue weighted by molar-refractivity contribution is 0.251. The first kappa shape index (κ1) is 15.3. The number of urea groups is 1. The van der Waals surface area contributed by atoms with Crippen LogP contribution in [0.15, 0.2) is 30.5 Å². The predicted octanol–water partition coefficient (Wildman–Crippen LogP) is 3.60. The summed E-state index contributed by atoms with van der Waals surface area (Å²) < 4.78 is 5.24. The number of thiazole rings is 1. The van der Waals surface area contributed by atoms with Crippen molar-refractivity contribution in [1.82, 2.24) is 10.3 Å². The number of ether oxygens (including phenoxy) is 1. The number of aromatic nitrogens is 1. The smallest absolute Gasteiger partial charge is 0.321 e. The number of para-hydroxylation sites is 1. The van der Waals surface area contributed by atoms with Gasteiger partial charge in [-0.25, -0.2) is 9.78 Å². The van der Waals surface area contributed by atoms with E-state index < -0.39 is 0 Å². The molecule has 0 fully saturated rings. The van der Waals surface area contributed by atoms with Crippen LogP contribution >= 0.6 is 11.3 Å². The number of anilines is 1. The van der Waals surface area contributed by atoms with E-state index in [2.05, 4.69) is 29.5 Å². The van der Waals surface area contributed by atoms with Gasteiger partial charge in [-0.05, 0) is 12.0 Å². The predicted molar refractivity (Wildman–Crippen MR) is 85.1 cm³/mol. The number of methoxy groups -OCH3 is 1. The Morgan fingerprint density at radius 3 is 2.81 bits per heavy atom. The molecule has 0 saturated heterocycles. The van der Waals surface area contributed by atoms with Crippen molar-refractivity contribution in [3.8, 4) is 5.75 Å². The fourth-order valence-corrected chi connectivity index (χ4v) is 2.59. The van der Waals surface area contributed by atoms with Gasteiger partial charge in [-0.2, -0.15) is 0 Å². The number of amides is 2. The highest BCUT2D eigenvalue weighted by Gasteiger charge is 2.09. The number of carbonyl (C=O) groups is 1. The van der Waals surface area contributed by atoms with E-state index in [1.807, 2.05) is 24.3 Å². The van der Waals surface area contributed by atoms with Gasteiger partial charge in [-0.3, -0.25) is 5.32 Å². The molecule has 5 nitrogen and oxygen atoms in total. The molecule has 0 bridgehead atoms. The van der Waals surface area contributed by atoms with Crippen molar-refractivity contribution in [3.63, 3.8) is 0 Å². The minimum atomic E-state index is -0.273. The Balaban J connectivity index is 1.89. The second-order valence-electron chi connectivity index (χ2n) is 4.84. The maximum absolute atomic E-state index is 11.9. The maximum Gasteiger partial charge on any atom is 0.321 e. The average molecular weight is 305 g/mol. The van der Waals surface area contributed by atoms with Gasteiger partial charge in [-0.15, -0.1) is 11.3 Å². The van der Waals surface area contributed by atoms with Gasteiger partial charge in [0.05, 0.1) is 7.11 Å². The molecule has 1 heterocycles. The summed E-state index contributed by atoms with van der Waals surface area (Å²) in [4.78, 5) is 17.2. The van der Waals surface area contributed by atoms with Crippen molar-refractivity contribution < 1.29 is 9.53 Å². The molecule has 6 heteroatoms. The number of rotatable bonds is 5. The molecule has 0 radical (unpaired) electrons. The highest BCUT2D eigenvalue weighted by molar-refractivity contribution is 7.15. The minimum absolute atomic E-state index is 0.273. The summed E-state index contributed by atoms with van der Waals surface area (Å²) in [7, 11) is 1.61. The summed E-state index contributed by atoms with van der Waals surface area (Å²) >= 11 is 1.49. The number of hydrogen-bond donors (Lipinski definition) is 2. The average Bonchev–Trinajstić information content (AvgIpc) is 2.94. The monoisotopic (exact) mass is 305 g/mol. The molecule has 0 aliphatic heterocycles. The van der Waals surface area contributed by atoms with Gasteiger partial charge in [-0.1, -0.05) is 32.0 Å². The van der Waals surface area contributed by atoms with Crippen molar-refractivity contribution in [2.24, 2.45) is 0 Å². The van der Waals surface area contributed by atoms with Gasteiger partial charge in [0.15, 0.2) is 5.13 Å². The Bertz CT molecular complexity index is 610. The first-order chi connectivity index (χ1) is 10.1. The largest absolute Gasteiger partial charge is 0.496 e. The first-order valence-electron chi connectivity index (χ1n) is 6.72.